The van der Waals surface area contributed by atoms with Gasteiger partial charge in [0.2, 0.25) is 0 Å². The molecule has 2 saturated heterocycles. The number of amides is 1. The Bertz CT molecular complexity index is 1080. The van der Waals surface area contributed by atoms with E-state index in [1.54, 1.807) is 0 Å². The van der Waals surface area contributed by atoms with E-state index in [-0.39, 0.29) is 5.91 Å². The predicted molar refractivity (Wildman–Crippen MR) is 127 cm³/mol. The van der Waals surface area contributed by atoms with Gasteiger partial charge in [-0.1, -0.05) is 30.3 Å². The number of fused-ring (bicyclic) bond motifs is 1. The van der Waals surface area contributed by atoms with Gasteiger partial charge in [0.15, 0.2) is 0 Å². The molecule has 32 heavy (non-hydrogen) atoms. The lowest BCUT2D eigenvalue weighted by molar-refractivity contribution is 0.0339. The van der Waals surface area contributed by atoms with Crippen LogP contribution in [-0.4, -0.2) is 60.1 Å². The predicted octanol–water partition coefficient (Wildman–Crippen LogP) is 4.16. The normalized spacial score (nSPS) is 19.9. The van der Waals surface area contributed by atoms with E-state index in [2.05, 4.69) is 45.1 Å². The first-order chi connectivity index (χ1) is 15.8. The largest absolute Gasteiger partial charge is 0.379 e. The minimum atomic E-state index is 0.182. The molecule has 0 saturated carbocycles. The van der Waals surface area contributed by atoms with Crippen molar-refractivity contribution < 1.29 is 9.53 Å². The number of benzene rings is 2. The van der Waals surface area contributed by atoms with E-state index in [4.69, 9.17) is 4.74 Å². The average Bonchev–Trinajstić information content (AvgIpc) is 2.85. The number of likely N-dealkylation sites (tertiary alicyclic amines) is 1. The molecule has 2 aliphatic heterocycles. The van der Waals surface area contributed by atoms with Gasteiger partial charge in [-0.05, 0) is 60.6 Å². The van der Waals surface area contributed by atoms with Gasteiger partial charge in [-0.3, -0.25) is 14.7 Å². The SMILES string of the molecule is O=C(c1ccccc1CN1CCOCC1)N1CCCC(Cc2ccc3ncccc3c2)C1. The standard InChI is InChI=1S/C27H31N3O2/c31-27(25-8-2-1-6-24(25)20-29-13-15-32-16-14-29)30-12-4-5-22(19-30)17-21-9-10-26-23(18-21)7-3-11-28-26/h1-3,6-11,18,22H,4-5,12-17,19-20H2. The molecule has 5 nitrogen and oxygen atoms in total. The van der Waals surface area contributed by atoms with Crippen LogP contribution in [0.15, 0.2) is 60.8 Å². The second kappa shape index (κ2) is 9.80. The van der Waals surface area contributed by atoms with E-state index < -0.39 is 0 Å². The number of carbonyl (C=O) groups excluding carboxylic acids is 1. The van der Waals surface area contributed by atoms with Crippen molar-refractivity contribution in [3.8, 4) is 0 Å². The lowest BCUT2D eigenvalue weighted by atomic mass is 9.90. The smallest absolute Gasteiger partial charge is 0.254 e. The third-order valence-corrected chi connectivity index (χ3v) is 6.74. The average molecular weight is 430 g/mol. The fraction of sp³-hybridized carbons (Fsp3) is 0.407. The van der Waals surface area contributed by atoms with E-state index in [1.165, 1.54) is 17.4 Å². The maximum Gasteiger partial charge on any atom is 0.254 e. The van der Waals surface area contributed by atoms with Crippen LogP contribution in [0.2, 0.25) is 0 Å². The lowest BCUT2D eigenvalue weighted by Gasteiger charge is -2.34. The van der Waals surface area contributed by atoms with Gasteiger partial charge in [0.05, 0.1) is 18.7 Å². The summed E-state index contributed by atoms with van der Waals surface area (Å²) < 4.78 is 5.47. The topological polar surface area (TPSA) is 45.7 Å². The summed E-state index contributed by atoms with van der Waals surface area (Å²) in [6, 6.07) is 18.8. The van der Waals surface area contributed by atoms with Gasteiger partial charge in [0.25, 0.3) is 5.91 Å². The summed E-state index contributed by atoms with van der Waals surface area (Å²) in [5.74, 6) is 0.675. The number of pyridine rings is 1. The Labute approximate surface area is 190 Å². The Kier molecular flexibility index (Phi) is 6.46. The molecule has 5 heteroatoms. The molecule has 166 valence electrons. The molecule has 1 unspecified atom stereocenters. The second-order valence-corrected chi connectivity index (χ2v) is 9.04. The van der Waals surface area contributed by atoms with Crippen molar-refractivity contribution in [2.24, 2.45) is 5.92 Å². The van der Waals surface area contributed by atoms with Crippen LogP contribution in [0.3, 0.4) is 0 Å². The van der Waals surface area contributed by atoms with Crippen molar-refractivity contribution in [3.05, 3.63) is 77.5 Å². The molecule has 2 aromatic carbocycles. The van der Waals surface area contributed by atoms with Crippen LogP contribution < -0.4 is 0 Å². The summed E-state index contributed by atoms with van der Waals surface area (Å²) in [6.45, 7) is 5.89. The van der Waals surface area contributed by atoms with Crippen molar-refractivity contribution in [2.45, 2.75) is 25.8 Å². The molecule has 5 rings (SSSR count). The number of ether oxygens (including phenoxy) is 1. The highest BCUT2D eigenvalue weighted by Gasteiger charge is 2.26. The first kappa shape index (κ1) is 21.1. The van der Waals surface area contributed by atoms with Crippen LogP contribution in [0.25, 0.3) is 10.9 Å². The molecule has 0 aliphatic carbocycles. The quantitative estimate of drug-likeness (QED) is 0.611. The van der Waals surface area contributed by atoms with Crippen LogP contribution in [0.1, 0.15) is 34.3 Å². The Morgan fingerprint density at radius 1 is 1.03 bits per heavy atom. The Hall–Kier alpha value is -2.76. The number of hydrogen-bond acceptors (Lipinski definition) is 4. The molecule has 0 spiro atoms. The Balaban J connectivity index is 1.27. The first-order valence-corrected chi connectivity index (χ1v) is 11.8. The zero-order valence-corrected chi connectivity index (χ0v) is 18.6. The van der Waals surface area contributed by atoms with Gasteiger partial charge < -0.3 is 9.64 Å². The van der Waals surface area contributed by atoms with Crippen LogP contribution in [0.4, 0.5) is 0 Å². The highest BCUT2D eigenvalue weighted by molar-refractivity contribution is 5.95. The maximum atomic E-state index is 13.5. The highest BCUT2D eigenvalue weighted by atomic mass is 16.5. The van der Waals surface area contributed by atoms with E-state index >= 15 is 0 Å². The summed E-state index contributed by atoms with van der Waals surface area (Å²) >= 11 is 0. The zero-order chi connectivity index (χ0) is 21.8. The maximum absolute atomic E-state index is 13.5. The molecule has 3 aromatic rings. The van der Waals surface area contributed by atoms with Crippen LogP contribution in [0, 0.1) is 5.92 Å². The van der Waals surface area contributed by atoms with E-state index in [9.17, 15) is 4.79 Å². The van der Waals surface area contributed by atoms with Crippen molar-refractivity contribution in [1.82, 2.24) is 14.8 Å². The molecule has 0 N–H and O–H groups in total. The molecule has 2 aliphatic rings. The molecule has 2 fully saturated rings. The number of morpholine rings is 1. The zero-order valence-electron chi connectivity index (χ0n) is 18.6. The van der Waals surface area contributed by atoms with Crippen molar-refractivity contribution in [3.63, 3.8) is 0 Å². The summed E-state index contributed by atoms with van der Waals surface area (Å²) in [5, 5.41) is 1.19. The van der Waals surface area contributed by atoms with Gasteiger partial charge in [-0.25, -0.2) is 0 Å². The van der Waals surface area contributed by atoms with Gasteiger partial charge in [-0.2, -0.15) is 0 Å². The summed E-state index contributed by atoms with van der Waals surface area (Å²) in [6.07, 6.45) is 5.08. The summed E-state index contributed by atoms with van der Waals surface area (Å²) in [5.41, 5.74) is 4.35. The monoisotopic (exact) mass is 429 g/mol. The molecule has 0 bridgehead atoms. The minimum absolute atomic E-state index is 0.182. The van der Waals surface area contributed by atoms with Crippen LogP contribution >= 0.6 is 0 Å². The lowest BCUT2D eigenvalue weighted by Crippen LogP contribution is -2.41. The molecule has 3 heterocycles. The Morgan fingerprint density at radius 2 is 1.91 bits per heavy atom. The Morgan fingerprint density at radius 3 is 2.81 bits per heavy atom. The van der Waals surface area contributed by atoms with Crippen LogP contribution in [-0.2, 0) is 17.7 Å². The number of nitrogens with zero attached hydrogens (tertiary/aromatic N) is 3. The number of carbonyl (C=O) groups is 1. The van der Waals surface area contributed by atoms with E-state index in [1.807, 2.05) is 30.5 Å². The van der Waals surface area contributed by atoms with E-state index in [0.717, 1.165) is 75.4 Å². The summed E-state index contributed by atoms with van der Waals surface area (Å²) in [4.78, 5) is 22.4. The van der Waals surface area contributed by atoms with Crippen LogP contribution in [0.5, 0.6) is 0 Å². The fourth-order valence-corrected chi connectivity index (χ4v) is 5.04. The molecular weight excluding hydrogens is 398 g/mol. The van der Waals surface area contributed by atoms with Crippen molar-refractivity contribution in [1.29, 1.82) is 0 Å². The van der Waals surface area contributed by atoms with Crippen molar-refractivity contribution in [2.75, 3.05) is 39.4 Å². The molecular formula is C27H31N3O2. The van der Waals surface area contributed by atoms with Gasteiger partial charge in [-0.15, -0.1) is 0 Å². The number of aromatic nitrogens is 1. The number of rotatable bonds is 5. The summed E-state index contributed by atoms with van der Waals surface area (Å²) in [7, 11) is 0. The fourth-order valence-electron chi connectivity index (χ4n) is 5.04. The minimum Gasteiger partial charge on any atom is -0.379 e. The third-order valence-electron chi connectivity index (χ3n) is 6.74. The van der Waals surface area contributed by atoms with E-state index in [0.29, 0.717) is 5.92 Å². The van der Waals surface area contributed by atoms with Gasteiger partial charge in [0.1, 0.15) is 0 Å². The first-order valence-electron chi connectivity index (χ1n) is 11.8. The molecule has 1 atom stereocenters. The molecule has 0 radical (unpaired) electrons. The number of hydrogen-bond donors (Lipinski definition) is 0. The van der Waals surface area contributed by atoms with Crippen molar-refractivity contribution >= 4 is 16.8 Å². The van der Waals surface area contributed by atoms with Gasteiger partial charge in [0, 0.05) is 49.9 Å². The van der Waals surface area contributed by atoms with Gasteiger partial charge >= 0.3 is 0 Å². The number of piperidine rings is 1. The molecule has 1 aromatic heterocycles. The second-order valence-electron chi connectivity index (χ2n) is 9.04. The highest BCUT2D eigenvalue weighted by Crippen LogP contribution is 2.25. The third kappa shape index (κ3) is 4.84. The molecule has 1 amide bonds.